The van der Waals surface area contributed by atoms with Crippen LogP contribution in [0, 0.1) is 6.92 Å². The molecule has 0 unspecified atom stereocenters. The van der Waals surface area contributed by atoms with Crippen molar-refractivity contribution in [3.05, 3.63) is 71.5 Å². The molecule has 3 aromatic rings. The van der Waals surface area contributed by atoms with Gasteiger partial charge in [-0.1, -0.05) is 35.5 Å². The minimum absolute atomic E-state index is 0.104. The van der Waals surface area contributed by atoms with Crippen LogP contribution in [0.15, 0.2) is 70.7 Å². The van der Waals surface area contributed by atoms with Crippen LogP contribution < -0.4 is 5.32 Å². The Morgan fingerprint density at radius 2 is 1.92 bits per heavy atom. The van der Waals surface area contributed by atoms with E-state index in [1.54, 1.807) is 22.6 Å². The van der Waals surface area contributed by atoms with E-state index >= 15 is 0 Å². The Morgan fingerprint density at radius 3 is 2.60 bits per heavy atom. The lowest BCUT2D eigenvalue weighted by Gasteiger charge is -2.15. The van der Waals surface area contributed by atoms with E-state index in [9.17, 15) is 4.79 Å². The van der Waals surface area contributed by atoms with Crippen LogP contribution in [-0.4, -0.2) is 15.7 Å². The Kier molecular flexibility index (Phi) is 5.46. The number of hydrogen-bond donors (Lipinski definition) is 1. The number of carbonyl (C=O) groups excluding carboxylic acids is 1. The lowest BCUT2D eigenvalue weighted by Crippen LogP contribution is -2.24. The van der Waals surface area contributed by atoms with Gasteiger partial charge in [-0.25, -0.2) is 0 Å². The Bertz CT molecular complexity index is 876. The lowest BCUT2D eigenvalue weighted by molar-refractivity contribution is -0.119. The first-order valence-electron chi connectivity index (χ1n) is 7.87. The maximum absolute atomic E-state index is 12.6. The molecule has 1 aromatic heterocycles. The number of anilines is 1. The van der Waals surface area contributed by atoms with Crippen LogP contribution in [0.25, 0.3) is 0 Å². The van der Waals surface area contributed by atoms with Crippen LogP contribution in [-0.2, 0) is 4.79 Å². The van der Waals surface area contributed by atoms with Gasteiger partial charge in [-0.05, 0) is 55.8 Å². The van der Waals surface area contributed by atoms with Crippen LogP contribution >= 0.6 is 23.4 Å². The molecule has 2 aromatic carbocycles. The fourth-order valence-corrected chi connectivity index (χ4v) is 3.32. The fourth-order valence-electron chi connectivity index (χ4n) is 2.29. The number of aromatic nitrogens is 2. The number of carbonyl (C=O) groups is 1. The maximum Gasteiger partial charge on any atom is 0.248 e. The summed E-state index contributed by atoms with van der Waals surface area (Å²) in [7, 11) is 0. The van der Waals surface area contributed by atoms with E-state index in [1.807, 2.05) is 68.6 Å². The first-order chi connectivity index (χ1) is 12.0. The van der Waals surface area contributed by atoms with Crippen molar-refractivity contribution in [3.8, 4) is 0 Å². The third-order valence-corrected chi connectivity index (χ3v) is 5.03. The van der Waals surface area contributed by atoms with E-state index in [-0.39, 0.29) is 11.9 Å². The molecule has 6 heteroatoms. The highest BCUT2D eigenvalue weighted by Gasteiger charge is 2.17. The summed E-state index contributed by atoms with van der Waals surface area (Å²) < 4.78 is 1.67. The number of halogens is 1. The van der Waals surface area contributed by atoms with Gasteiger partial charge in [0.25, 0.3) is 0 Å². The summed E-state index contributed by atoms with van der Waals surface area (Å²) in [5, 5.41) is 7.92. The molecule has 0 aliphatic rings. The molecule has 0 spiro atoms. The van der Waals surface area contributed by atoms with E-state index in [0.717, 1.165) is 21.0 Å². The topological polar surface area (TPSA) is 46.9 Å². The number of benzene rings is 2. The lowest BCUT2D eigenvalue weighted by atomic mass is 10.2. The van der Waals surface area contributed by atoms with E-state index in [2.05, 4.69) is 10.4 Å². The summed E-state index contributed by atoms with van der Waals surface area (Å²) in [6.45, 7) is 3.78. The summed E-state index contributed by atoms with van der Waals surface area (Å²) in [6, 6.07) is 15.0. The van der Waals surface area contributed by atoms with E-state index in [4.69, 9.17) is 11.6 Å². The van der Waals surface area contributed by atoms with Crippen LogP contribution in [0.2, 0.25) is 5.02 Å². The van der Waals surface area contributed by atoms with Crippen LogP contribution in [0.3, 0.4) is 0 Å². The summed E-state index contributed by atoms with van der Waals surface area (Å²) in [4.78, 5) is 14.6. The largest absolute Gasteiger partial charge is 0.323 e. The Labute approximate surface area is 156 Å². The van der Waals surface area contributed by atoms with Gasteiger partial charge in [0.1, 0.15) is 6.04 Å². The van der Waals surface area contributed by atoms with Gasteiger partial charge in [0.2, 0.25) is 5.91 Å². The predicted molar refractivity (Wildman–Crippen MR) is 102 cm³/mol. The molecule has 25 heavy (non-hydrogen) atoms. The van der Waals surface area contributed by atoms with Crippen molar-refractivity contribution in [2.24, 2.45) is 0 Å². The van der Waals surface area contributed by atoms with Crippen molar-refractivity contribution >= 4 is 35.0 Å². The van der Waals surface area contributed by atoms with Crippen LogP contribution in [0.1, 0.15) is 18.5 Å². The Balaban J connectivity index is 1.76. The standard InChI is InChI=1S/C19H18ClN3OS/c1-13-11-21-23(12-13)14(2)19(24)22-17-5-3-4-6-18(17)25-16-9-7-15(20)8-10-16/h3-12,14H,1-2H3,(H,22,24)/t14-/m1/s1. The summed E-state index contributed by atoms with van der Waals surface area (Å²) in [5.74, 6) is -0.104. The van der Waals surface area contributed by atoms with Gasteiger partial charge in [0, 0.05) is 21.0 Å². The van der Waals surface area contributed by atoms with Crippen LogP contribution in [0.5, 0.6) is 0 Å². The predicted octanol–water partition coefficient (Wildman–Crippen LogP) is 5.20. The molecule has 3 rings (SSSR count). The SMILES string of the molecule is Cc1cnn([C@H](C)C(=O)Nc2ccccc2Sc2ccc(Cl)cc2)c1. The van der Waals surface area contributed by atoms with Gasteiger partial charge in [0.05, 0.1) is 11.9 Å². The summed E-state index contributed by atoms with van der Waals surface area (Å²) >= 11 is 7.52. The average Bonchev–Trinajstić information content (AvgIpc) is 3.04. The molecule has 4 nitrogen and oxygen atoms in total. The summed E-state index contributed by atoms with van der Waals surface area (Å²) in [6.07, 6.45) is 3.60. The van der Waals surface area contributed by atoms with Gasteiger partial charge in [0.15, 0.2) is 0 Å². The molecule has 0 fully saturated rings. The van der Waals surface area contributed by atoms with Crippen molar-refractivity contribution in [1.82, 2.24) is 9.78 Å². The fraction of sp³-hybridized carbons (Fsp3) is 0.158. The van der Waals surface area contributed by atoms with Gasteiger partial charge in [-0.2, -0.15) is 5.10 Å². The van der Waals surface area contributed by atoms with Crippen molar-refractivity contribution in [3.63, 3.8) is 0 Å². The molecular weight excluding hydrogens is 354 g/mol. The third-order valence-electron chi connectivity index (χ3n) is 3.69. The van der Waals surface area contributed by atoms with Crippen molar-refractivity contribution < 1.29 is 4.79 Å². The number of rotatable bonds is 5. The highest BCUT2D eigenvalue weighted by molar-refractivity contribution is 7.99. The first kappa shape index (κ1) is 17.6. The smallest absolute Gasteiger partial charge is 0.248 e. The van der Waals surface area contributed by atoms with Crippen LogP contribution in [0.4, 0.5) is 5.69 Å². The second kappa shape index (κ2) is 7.76. The van der Waals surface area contributed by atoms with Crippen molar-refractivity contribution in [2.75, 3.05) is 5.32 Å². The molecule has 128 valence electrons. The van der Waals surface area contributed by atoms with Crippen molar-refractivity contribution in [1.29, 1.82) is 0 Å². The number of aryl methyl sites for hydroxylation is 1. The zero-order valence-electron chi connectivity index (χ0n) is 13.9. The summed E-state index contributed by atoms with van der Waals surface area (Å²) in [5.41, 5.74) is 1.81. The molecule has 1 N–H and O–H groups in total. The molecular formula is C19H18ClN3OS. The normalized spacial score (nSPS) is 12.0. The zero-order valence-corrected chi connectivity index (χ0v) is 15.5. The molecule has 1 heterocycles. The van der Waals surface area contributed by atoms with Gasteiger partial charge >= 0.3 is 0 Å². The van der Waals surface area contributed by atoms with Crippen molar-refractivity contribution in [2.45, 2.75) is 29.7 Å². The second-order valence-corrected chi connectivity index (χ2v) is 7.27. The highest BCUT2D eigenvalue weighted by Crippen LogP contribution is 2.34. The van der Waals surface area contributed by atoms with E-state index in [1.165, 1.54) is 0 Å². The molecule has 0 aliphatic heterocycles. The minimum Gasteiger partial charge on any atom is -0.323 e. The first-order valence-corrected chi connectivity index (χ1v) is 9.06. The second-order valence-electron chi connectivity index (χ2n) is 5.72. The quantitative estimate of drug-likeness (QED) is 0.670. The number of nitrogens with zero attached hydrogens (tertiary/aromatic N) is 2. The van der Waals surface area contributed by atoms with Gasteiger partial charge in [-0.15, -0.1) is 0 Å². The third kappa shape index (κ3) is 4.44. The minimum atomic E-state index is -0.387. The maximum atomic E-state index is 12.6. The van der Waals surface area contributed by atoms with E-state index < -0.39 is 0 Å². The highest BCUT2D eigenvalue weighted by atomic mass is 35.5. The Hall–Kier alpha value is -2.24. The number of amides is 1. The molecule has 0 saturated carbocycles. The van der Waals surface area contributed by atoms with Gasteiger partial charge < -0.3 is 5.32 Å². The Morgan fingerprint density at radius 1 is 1.20 bits per heavy atom. The molecule has 1 amide bonds. The number of hydrogen-bond acceptors (Lipinski definition) is 3. The van der Waals surface area contributed by atoms with Gasteiger partial charge in [-0.3, -0.25) is 9.48 Å². The molecule has 1 atom stereocenters. The monoisotopic (exact) mass is 371 g/mol. The molecule has 0 saturated heterocycles. The van der Waals surface area contributed by atoms with E-state index in [0.29, 0.717) is 5.02 Å². The average molecular weight is 372 g/mol. The number of nitrogens with one attached hydrogen (secondary N) is 1. The molecule has 0 bridgehead atoms. The number of para-hydroxylation sites is 1. The molecule has 0 aliphatic carbocycles. The molecule has 0 radical (unpaired) electrons. The zero-order chi connectivity index (χ0) is 17.8.